The Morgan fingerprint density at radius 3 is 2.58 bits per heavy atom. The van der Waals surface area contributed by atoms with E-state index in [-0.39, 0.29) is 15.7 Å². The molecule has 1 fully saturated rings. The number of nitrogens with zero attached hydrogens (tertiary/aromatic N) is 2. The fraction of sp³-hybridized carbons (Fsp3) is 0.353. The van der Waals surface area contributed by atoms with Crippen molar-refractivity contribution in [2.24, 2.45) is 0 Å². The summed E-state index contributed by atoms with van der Waals surface area (Å²) in [5, 5.41) is 0.155. The number of morpholine rings is 1. The molecule has 0 radical (unpaired) electrons. The Morgan fingerprint density at radius 1 is 1.19 bits per heavy atom. The molecule has 0 saturated carbocycles. The molecule has 0 aliphatic carbocycles. The first kappa shape index (κ1) is 19.2. The number of sulfonamides is 1. The molecule has 26 heavy (non-hydrogen) atoms. The third-order valence-corrected chi connectivity index (χ3v) is 6.98. The molecular weight excluding hydrogens is 382 g/mol. The molecule has 1 aliphatic rings. The number of benzene rings is 1. The Hall–Kier alpha value is -1.55. The highest BCUT2D eigenvalue weighted by Gasteiger charge is 2.26. The van der Waals surface area contributed by atoms with E-state index in [2.05, 4.69) is 4.98 Å². The van der Waals surface area contributed by atoms with E-state index in [4.69, 9.17) is 4.74 Å². The van der Waals surface area contributed by atoms with Gasteiger partial charge in [0.15, 0.2) is 0 Å². The zero-order valence-electron chi connectivity index (χ0n) is 14.1. The number of thioether (sulfide) groups is 1. The van der Waals surface area contributed by atoms with E-state index in [9.17, 15) is 17.2 Å². The second kappa shape index (κ2) is 7.99. The molecule has 1 saturated heterocycles. The second-order valence-electron chi connectivity index (χ2n) is 5.77. The molecule has 1 aliphatic heterocycles. The second-order valence-corrected chi connectivity index (χ2v) is 9.07. The summed E-state index contributed by atoms with van der Waals surface area (Å²) in [6, 6.07) is 6.37. The fourth-order valence-corrected chi connectivity index (χ4v) is 4.88. The Kier molecular flexibility index (Phi) is 5.91. The lowest BCUT2D eigenvalue weighted by molar-refractivity contribution is 0.0730. The fourth-order valence-electron chi connectivity index (χ4n) is 2.60. The summed E-state index contributed by atoms with van der Waals surface area (Å²) in [6.45, 7) is 3.11. The molecule has 1 aromatic heterocycles. The molecule has 2 aromatic rings. The number of pyridine rings is 1. The van der Waals surface area contributed by atoms with Crippen LogP contribution in [0.1, 0.15) is 17.7 Å². The van der Waals surface area contributed by atoms with Gasteiger partial charge in [-0.2, -0.15) is 4.31 Å². The van der Waals surface area contributed by atoms with E-state index in [1.54, 1.807) is 13.0 Å². The van der Waals surface area contributed by atoms with Crippen molar-refractivity contribution >= 4 is 21.8 Å². The molecule has 5 nitrogen and oxygen atoms in total. The highest BCUT2D eigenvalue weighted by atomic mass is 32.2. The Labute approximate surface area is 155 Å². The van der Waals surface area contributed by atoms with Gasteiger partial charge < -0.3 is 4.74 Å². The third-order valence-electron chi connectivity index (χ3n) is 4.01. The Bertz CT molecular complexity index is 870. The highest BCUT2D eigenvalue weighted by molar-refractivity contribution is 7.99. The van der Waals surface area contributed by atoms with Gasteiger partial charge in [0.25, 0.3) is 0 Å². The normalized spacial score (nSPS) is 17.2. The minimum absolute atomic E-state index is 0.105. The van der Waals surface area contributed by atoms with E-state index in [0.29, 0.717) is 31.3 Å². The minimum atomic E-state index is -3.60. The molecular formula is C17H18F2N2O3S2. The van der Waals surface area contributed by atoms with Crippen molar-refractivity contribution in [3.8, 4) is 0 Å². The van der Waals surface area contributed by atoms with Crippen molar-refractivity contribution in [2.45, 2.75) is 22.1 Å². The Balaban J connectivity index is 1.74. The summed E-state index contributed by atoms with van der Waals surface area (Å²) < 4.78 is 58.8. The number of rotatable bonds is 5. The van der Waals surface area contributed by atoms with Crippen LogP contribution in [0.25, 0.3) is 0 Å². The first-order chi connectivity index (χ1) is 12.4. The molecule has 140 valence electrons. The van der Waals surface area contributed by atoms with Crippen molar-refractivity contribution in [1.29, 1.82) is 0 Å². The monoisotopic (exact) mass is 400 g/mol. The van der Waals surface area contributed by atoms with E-state index >= 15 is 0 Å². The number of ether oxygens (including phenoxy) is 1. The summed E-state index contributed by atoms with van der Waals surface area (Å²) in [7, 11) is -3.60. The standard InChI is InChI=1S/C17H18F2N2O3S2/c1-12(15-10-13(18)2-4-16(15)19)25-17-5-3-14(11-20-17)26(22,23)21-6-8-24-9-7-21/h2-5,10-12H,6-9H2,1H3/t12-/m0/s1. The maximum absolute atomic E-state index is 13.9. The average Bonchev–Trinajstić information content (AvgIpc) is 2.65. The van der Waals surface area contributed by atoms with E-state index in [0.717, 1.165) is 18.2 Å². The zero-order chi connectivity index (χ0) is 18.7. The maximum atomic E-state index is 13.9. The summed E-state index contributed by atoms with van der Waals surface area (Å²) >= 11 is 1.23. The zero-order valence-corrected chi connectivity index (χ0v) is 15.7. The number of halogens is 2. The topological polar surface area (TPSA) is 59.5 Å². The number of hydrogen-bond donors (Lipinski definition) is 0. The van der Waals surface area contributed by atoms with Crippen LogP contribution in [-0.4, -0.2) is 44.0 Å². The molecule has 0 bridgehead atoms. The summed E-state index contributed by atoms with van der Waals surface area (Å²) in [5.41, 5.74) is 0.238. The maximum Gasteiger partial charge on any atom is 0.244 e. The predicted octanol–water partition coefficient (Wildman–Crippen LogP) is 3.23. The molecule has 0 amide bonds. The lowest BCUT2D eigenvalue weighted by Gasteiger charge is -2.25. The summed E-state index contributed by atoms with van der Waals surface area (Å²) in [5.74, 6) is -0.994. The summed E-state index contributed by atoms with van der Waals surface area (Å²) in [6.07, 6.45) is 1.29. The minimum Gasteiger partial charge on any atom is -0.379 e. The van der Waals surface area contributed by atoms with Crippen molar-refractivity contribution in [1.82, 2.24) is 9.29 Å². The smallest absolute Gasteiger partial charge is 0.244 e. The van der Waals surface area contributed by atoms with Crippen LogP contribution >= 0.6 is 11.8 Å². The van der Waals surface area contributed by atoms with Crippen LogP contribution < -0.4 is 0 Å². The van der Waals surface area contributed by atoms with Gasteiger partial charge in [-0.3, -0.25) is 0 Å². The Morgan fingerprint density at radius 2 is 1.92 bits per heavy atom. The third kappa shape index (κ3) is 4.22. The van der Waals surface area contributed by atoms with Gasteiger partial charge in [0.2, 0.25) is 10.0 Å². The van der Waals surface area contributed by atoms with Crippen LogP contribution in [0.15, 0.2) is 46.5 Å². The molecule has 9 heteroatoms. The van der Waals surface area contributed by atoms with Crippen LogP contribution in [0.3, 0.4) is 0 Å². The predicted molar refractivity (Wildman–Crippen MR) is 94.4 cm³/mol. The highest BCUT2D eigenvalue weighted by Crippen LogP contribution is 2.35. The largest absolute Gasteiger partial charge is 0.379 e. The van der Waals surface area contributed by atoms with Gasteiger partial charge in [-0.05, 0) is 37.3 Å². The van der Waals surface area contributed by atoms with Crippen molar-refractivity contribution in [3.05, 3.63) is 53.7 Å². The van der Waals surface area contributed by atoms with Gasteiger partial charge in [0.1, 0.15) is 16.5 Å². The van der Waals surface area contributed by atoms with Gasteiger partial charge in [-0.25, -0.2) is 22.2 Å². The van der Waals surface area contributed by atoms with Crippen molar-refractivity contribution < 1.29 is 21.9 Å². The first-order valence-corrected chi connectivity index (χ1v) is 10.4. The number of aromatic nitrogens is 1. The van der Waals surface area contributed by atoms with Gasteiger partial charge in [-0.1, -0.05) is 11.8 Å². The molecule has 3 rings (SSSR count). The molecule has 0 spiro atoms. The SMILES string of the molecule is C[C@H](Sc1ccc(S(=O)(=O)N2CCOCC2)cn1)c1cc(F)ccc1F. The molecule has 0 N–H and O–H groups in total. The van der Waals surface area contributed by atoms with Crippen molar-refractivity contribution in [2.75, 3.05) is 26.3 Å². The summed E-state index contributed by atoms with van der Waals surface area (Å²) in [4.78, 5) is 4.27. The molecule has 0 unspecified atom stereocenters. The van der Waals surface area contributed by atoms with Gasteiger partial charge in [0.05, 0.1) is 18.2 Å². The van der Waals surface area contributed by atoms with Gasteiger partial charge >= 0.3 is 0 Å². The molecule has 2 heterocycles. The van der Waals surface area contributed by atoms with Crippen LogP contribution in [-0.2, 0) is 14.8 Å². The van der Waals surface area contributed by atoms with Gasteiger partial charge in [0, 0.05) is 30.1 Å². The van der Waals surface area contributed by atoms with E-state index < -0.39 is 21.7 Å². The van der Waals surface area contributed by atoms with Crippen LogP contribution in [0, 0.1) is 11.6 Å². The van der Waals surface area contributed by atoms with Gasteiger partial charge in [-0.15, -0.1) is 0 Å². The average molecular weight is 400 g/mol. The number of hydrogen-bond acceptors (Lipinski definition) is 5. The van der Waals surface area contributed by atoms with Crippen molar-refractivity contribution in [3.63, 3.8) is 0 Å². The van der Waals surface area contributed by atoms with Crippen LogP contribution in [0.2, 0.25) is 0 Å². The quantitative estimate of drug-likeness (QED) is 0.721. The first-order valence-electron chi connectivity index (χ1n) is 8.03. The lowest BCUT2D eigenvalue weighted by Crippen LogP contribution is -2.40. The lowest BCUT2D eigenvalue weighted by atomic mass is 10.1. The van der Waals surface area contributed by atoms with Crippen LogP contribution in [0.4, 0.5) is 8.78 Å². The molecule has 1 aromatic carbocycles. The van der Waals surface area contributed by atoms with E-state index in [1.807, 2.05) is 0 Å². The van der Waals surface area contributed by atoms with Crippen LogP contribution in [0.5, 0.6) is 0 Å². The van der Waals surface area contributed by atoms with E-state index in [1.165, 1.54) is 28.3 Å². The molecule has 1 atom stereocenters.